The van der Waals surface area contributed by atoms with Crippen LogP contribution in [-0.4, -0.2) is 29.5 Å². The highest BCUT2D eigenvalue weighted by molar-refractivity contribution is 5.18. The number of aliphatic hydroxyl groups is 2. The highest BCUT2D eigenvalue weighted by atomic mass is 16.6. The van der Waals surface area contributed by atoms with Gasteiger partial charge < -0.3 is 10.2 Å². The van der Waals surface area contributed by atoms with E-state index in [0.717, 1.165) is 11.3 Å². The number of rotatable bonds is 2. The van der Waals surface area contributed by atoms with Crippen LogP contribution in [-0.2, 0) is 4.84 Å². The van der Waals surface area contributed by atoms with Crippen molar-refractivity contribution in [2.45, 2.75) is 32.0 Å². The van der Waals surface area contributed by atoms with Gasteiger partial charge in [0.2, 0.25) is 0 Å². The molecule has 1 aliphatic carbocycles. The van der Waals surface area contributed by atoms with E-state index in [2.05, 4.69) is 5.48 Å². The SMILES string of the molecule is CONC1=C(C)[C@@H](O)C[C@H](O)C1. The van der Waals surface area contributed by atoms with E-state index in [1.54, 1.807) is 0 Å². The lowest BCUT2D eigenvalue weighted by Crippen LogP contribution is -2.30. The van der Waals surface area contributed by atoms with E-state index < -0.39 is 12.2 Å². The van der Waals surface area contributed by atoms with Crippen molar-refractivity contribution < 1.29 is 15.1 Å². The van der Waals surface area contributed by atoms with Gasteiger partial charge in [0.05, 0.1) is 19.3 Å². The lowest BCUT2D eigenvalue weighted by molar-refractivity contribution is 0.0590. The molecule has 12 heavy (non-hydrogen) atoms. The summed E-state index contributed by atoms with van der Waals surface area (Å²) in [4.78, 5) is 4.72. The third kappa shape index (κ3) is 1.97. The summed E-state index contributed by atoms with van der Waals surface area (Å²) in [6, 6.07) is 0. The van der Waals surface area contributed by atoms with Gasteiger partial charge in [0.1, 0.15) is 0 Å². The predicted octanol–water partition coefficient (Wildman–Crippen LogP) is -0.0730. The molecule has 0 saturated carbocycles. The summed E-state index contributed by atoms with van der Waals surface area (Å²) in [6.45, 7) is 1.83. The largest absolute Gasteiger partial charge is 0.393 e. The van der Waals surface area contributed by atoms with Gasteiger partial charge in [-0.2, -0.15) is 0 Å². The normalized spacial score (nSPS) is 30.7. The van der Waals surface area contributed by atoms with Crippen molar-refractivity contribution in [3.63, 3.8) is 0 Å². The van der Waals surface area contributed by atoms with Crippen LogP contribution in [0, 0.1) is 0 Å². The highest BCUT2D eigenvalue weighted by Gasteiger charge is 2.23. The van der Waals surface area contributed by atoms with Gasteiger partial charge in [0.25, 0.3) is 0 Å². The van der Waals surface area contributed by atoms with Crippen LogP contribution in [0.15, 0.2) is 11.3 Å². The second-order valence-corrected chi connectivity index (χ2v) is 3.08. The Morgan fingerprint density at radius 2 is 2.17 bits per heavy atom. The monoisotopic (exact) mass is 173 g/mol. The number of aliphatic hydroxyl groups excluding tert-OH is 2. The van der Waals surface area contributed by atoms with E-state index in [1.807, 2.05) is 6.92 Å². The average Bonchev–Trinajstić information content (AvgIpc) is 2.00. The Morgan fingerprint density at radius 3 is 2.75 bits per heavy atom. The van der Waals surface area contributed by atoms with E-state index in [9.17, 15) is 10.2 Å². The van der Waals surface area contributed by atoms with Gasteiger partial charge >= 0.3 is 0 Å². The summed E-state index contributed by atoms with van der Waals surface area (Å²) in [5.41, 5.74) is 4.29. The van der Waals surface area contributed by atoms with Crippen molar-refractivity contribution in [1.29, 1.82) is 0 Å². The van der Waals surface area contributed by atoms with E-state index >= 15 is 0 Å². The average molecular weight is 173 g/mol. The zero-order chi connectivity index (χ0) is 9.14. The smallest absolute Gasteiger partial charge is 0.0792 e. The molecular formula is C8H15NO3. The van der Waals surface area contributed by atoms with Crippen molar-refractivity contribution in [2.24, 2.45) is 0 Å². The van der Waals surface area contributed by atoms with Gasteiger partial charge in [-0.15, -0.1) is 0 Å². The molecule has 0 aromatic carbocycles. The van der Waals surface area contributed by atoms with Crippen LogP contribution >= 0.6 is 0 Å². The first kappa shape index (κ1) is 9.51. The van der Waals surface area contributed by atoms with Gasteiger partial charge in [0, 0.05) is 18.5 Å². The second kappa shape index (κ2) is 3.89. The molecule has 0 spiro atoms. The zero-order valence-electron chi connectivity index (χ0n) is 7.37. The third-order valence-corrected chi connectivity index (χ3v) is 2.14. The summed E-state index contributed by atoms with van der Waals surface area (Å²) in [5.74, 6) is 0. The third-order valence-electron chi connectivity index (χ3n) is 2.14. The van der Waals surface area contributed by atoms with E-state index in [1.165, 1.54) is 7.11 Å². The van der Waals surface area contributed by atoms with Gasteiger partial charge in [-0.3, -0.25) is 10.3 Å². The molecule has 0 amide bonds. The lowest BCUT2D eigenvalue weighted by Gasteiger charge is -2.26. The minimum Gasteiger partial charge on any atom is -0.393 e. The molecule has 0 aromatic heterocycles. The summed E-state index contributed by atoms with van der Waals surface area (Å²) in [7, 11) is 1.51. The van der Waals surface area contributed by atoms with Crippen molar-refractivity contribution in [2.75, 3.05) is 7.11 Å². The van der Waals surface area contributed by atoms with Gasteiger partial charge in [-0.05, 0) is 12.5 Å². The summed E-state index contributed by atoms with van der Waals surface area (Å²) < 4.78 is 0. The molecule has 70 valence electrons. The molecule has 0 fully saturated rings. The topological polar surface area (TPSA) is 61.7 Å². The lowest BCUT2D eigenvalue weighted by atomic mass is 9.93. The van der Waals surface area contributed by atoms with Crippen LogP contribution in [0.2, 0.25) is 0 Å². The fourth-order valence-corrected chi connectivity index (χ4v) is 1.36. The Labute approximate surface area is 71.8 Å². The van der Waals surface area contributed by atoms with E-state index in [4.69, 9.17) is 4.84 Å². The summed E-state index contributed by atoms with van der Waals surface area (Å²) in [6.07, 6.45) is -0.0787. The predicted molar refractivity (Wildman–Crippen MR) is 44.1 cm³/mol. The standard InChI is InChI=1S/C8H15NO3/c1-5-7(9-12-2)3-6(10)4-8(5)11/h6,8-11H,3-4H2,1-2H3/t6-,8+/m1/s1. The minimum absolute atomic E-state index is 0.417. The Hall–Kier alpha value is -0.580. The van der Waals surface area contributed by atoms with Crippen molar-refractivity contribution in [1.82, 2.24) is 5.48 Å². The van der Waals surface area contributed by atoms with Crippen LogP contribution < -0.4 is 5.48 Å². The quantitative estimate of drug-likeness (QED) is 0.511. The first-order valence-corrected chi connectivity index (χ1v) is 4.00. The van der Waals surface area contributed by atoms with Crippen molar-refractivity contribution >= 4 is 0 Å². The molecule has 1 aliphatic rings. The first-order valence-electron chi connectivity index (χ1n) is 4.00. The van der Waals surface area contributed by atoms with Crippen LogP contribution in [0.1, 0.15) is 19.8 Å². The van der Waals surface area contributed by atoms with Gasteiger partial charge in [0.15, 0.2) is 0 Å². The van der Waals surface area contributed by atoms with Crippen LogP contribution in [0.4, 0.5) is 0 Å². The number of hydroxylamine groups is 1. The maximum Gasteiger partial charge on any atom is 0.0792 e. The molecule has 4 heteroatoms. The first-order chi connectivity index (χ1) is 5.65. The molecule has 0 saturated heterocycles. The molecule has 0 unspecified atom stereocenters. The van der Waals surface area contributed by atoms with Crippen LogP contribution in [0.25, 0.3) is 0 Å². The summed E-state index contributed by atoms with van der Waals surface area (Å²) in [5, 5.41) is 18.7. The number of hydrogen-bond acceptors (Lipinski definition) is 4. The number of hydrogen-bond donors (Lipinski definition) is 3. The van der Waals surface area contributed by atoms with Crippen LogP contribution in [0.3, 0.4) is 0 Å². The molecule has 3 N–H and O–H groups in total. The maximum atomic E-state index is 9.43. The minimum atomic E-state index is -0.550. The van der Waals surface area contributed by atoms with E-state index in [-0.39, 0.29) is 0 Å². The van der Waals surface area contributed by atoms with Gasteiger partial charge in [-0.1, -0.05) is 0 Å². The molecule has 2 atom stereocenters. The zero-order valence-corrected chi connectivity index (χ0v) is 7.37. The molecule has 0 bridgehead atoms. The van der Waals surface area contributed by atoms with Crippen molar-refractivity contribution in [3.8, 4) is 0 Å². The Kier molecular flexibility index (Phi) is 3.08. The Bertz CT molecular complexity index is 191. The Balaban J connectivity index is 2.70. The second-order valence-electron chi connectivity index (χ2n) is 3.08. The maximum absolute atomic E-state index is 9.43. The fourth-order valence-electron chi connectivity index (χ4n) is 1.36. The molecule has 0 aromatic rings. The molecule has 0 radical (unpaired) electrons. The summed E-state index contributed by atoms with van der Waals surface area (Å²) >= 11 is 0. The molecule has 1 rings (SSSR count). The number of nitrogens with one attached hydrogen (secondary N) is 1. The van der Waals surface area contributed by atoms with Crippen molar-refractivity contribution in [3.05, 3.63) is 11.3 Å². The van der Waals surface area contributed by atoms with Gasteiger partial charge in [-0.25, -0.2) is 0 Å². The highest BCUT2D eigenvalue weighted by Crippen LogP contribution is 2.23. The molecule has 0 heterocycles. The molecular weight excluding hydrogens is 158 g/mol. The molecule has 0 aliphatic heterocycles. The van der Waals surface area contributed by atoms with E-state index in [0.29, 0.717) is 12.8 Å². The molecule has 4 nitrogen and oxygen atoms in total. The Morgan fingerprint density at radius 1 is 1.50 bits per heavy atom. The fraction of sp³-hybridized carbons (Fsp3) is 0.750. The van der Waals surface area contributed by atoms with Crippen LogP contribution in [0.5, 0.6) is 0 Å².